The number of carbonyl (C=O) groups is 1. The number of halogens is 2. The summed E-state index contributed by atoms with van der Waals surface area (Å²) in [4.78, 5) is 16.0. The molecule has 0 fully saturated rings. The quantitative estimate of drug-likeness (QED) is 0.288. The number of fused-ring (bicyclic) bond motifs is 1. The second-order valence-electron chi connectivity index (χ2n) is 6.84. The predicted octanol–water partition coefficient (Wildman–Crippen LogP) is 3.39. The van der Waals surface area contributed by atoms with Gasteiger partial charge in [-0.1, -0.05) is 23.7 Å². The molecule has 3 rings (SSSR count). The minimum atomic E-state index is -0.0870. The minimum Gasteiger partial charge on any atom is -0.489 e. The number of guanidine groups is 1. The predicted molar refractivity (Wildman–Crippen MR) is 134 cm³/mol. The van der Waals surface area contributed by atoms with Crippen molar-refractivity contribution in [2.45, 2.75) is 19.4 Å². The molecule has 0 aliphatic carbocycles. The van der Waals surface area contributed by atoms with E-state index in [-0.39, 0.29) is 29.9 Å². The number of aliphatic imine (C=N–C) groups is 1. The van der Waals surface area contributed by atoms with Crippen LogP contribution in [0.4, 0.5) is 0 Å². The Morgan fingerprint density at radius 3 is 2.71 bits per heavy atom. The number of rotatable bonds is 6. The maximum atomic E-state index is 11.8. The van der Waals surface area contributed by atoms with Crippen LogP contribution in [-0.2, 0) is 13.0 Å². The number of amides is 1. The van der Waals surface area contributed by atoms with Crippen molar-refractivity contribution in [1.29, 1.82) is 0 Å². The van der Waals surface area contributed by atoms with Gasteiger partial charge in [-0.3, -0.25) is 9.79 Å². The maximum Gasteiger partial charge on any atom is 0.251 e. The molecule has 1 amide bonds. The van der Waals surface area contributed by atoms with Gasteiger partial charge in [-0.25, -0.2) is 0 Å². The molecule has 2 aromatic rings. The fraction of sp³-hybridized carbons (Fsp3) is 0.364. The molecule has 31 heavy (non-hydrogen) atoms. The molecule has 1 aliphatic heterocycles. The first-order valence-electron chi connectivity index (χ1n) is 9.94. The Bertz CT molecular complexity index is 924. The zero-order chi connectivity index (χ0) is 21.3. The molecule has 1 heterocycles. The van der Waals surface area contributed by atoms with E-state index in [4.69, 9.17) is 21.1 Å². The molecule has 168 valence electrons. The van der Waals surface area contributed by atoms with E-state index >= 15 is 0 Å². The average Bonchev–Trinajstić information content (AvgIpc) is 3.01. The van der Waals surface area contributed by atoms with Gasteiger partial charge in [0.1, 0.15) is 0 Å². The minimum absolute atomic E-state index is 0. The first kappa shape index (κ1) is 25.1. The smallest absolute Gasteiger partial charge is 0.251 e. The van der Waals surface area contributed by atoms with Crippen molar-refractivity contribution in [2.75, 3.05) is 33.9 Å². The summed E-state index contributed by atoms with van der Waals surface area (Å²) in [7, 11) is 3.35. The van der Waals surface area contributed by atoms with Crippen molar-refractivity contribution >= 4 is 47.4 Å². The Labute approximate surface area is 205 Å². The lowest BCUT2D eigenvalue weighted by Crippen LogP contribution is -2.37. The highest BCUT2D eigenvalue weighted by Gasteiger charge is 2.15. The Morgan fingerprint density at radius 1 is 1.13 bits per heavy atom. The van der Waals surface area contributed by atoms with E-state index in [0.717, 1.165) is 24.0 Å². The van der Waals surface area contributed by atoms with Gasteiger partial charge in [-0.05, 0) is 41.8 Å². The van der Waals surface area contributed by atoms with Gasteiger partial charge in [0, 0.05) is 39.2 Å². The molecule has 0 atom stereocenters. The van der Waals surface area contributed by atoms with E-state index < -0.39 is 0 Å². The number of hydrogen-bond donors (Lipinski definition) is 3. The Morgan fingerprint density at radius 2 is 1.94 bits per heavy atom. The molecule has 0 radical (unpaired) electrons. The summed E-state index contributed by atoms with van der Waals surface area (Å²) in [6.07, 6.45) is 1.60. The van der Waals surface area contributed by atoms with Crippen LogP contribution < -0.4 is 25.4 Å². The van der Waals surface area contributed by atoms with E-state index in [2.05, 4.69) is 20.9 Å². The highest BCUT2D eigenvalue weighted by atomic mass is 127. The fourth-order valence-corrected chi connectivity index (χ4v) is 3.42. The third-order valence-electron chi connectivity index (χ3n) is 4.67. The summed E-state index contributed by atoms with van der Waals surface area (Å²) in [6.45, 7) is 2.44. The number of benzene rings is 2. The fourth-order valence-electron chi connectivity index (χ4n) is 3.13. The van der Waals surface area contributed by atoms with E-state index in [1.54, 1.807) is 20.2 Å². The van der Waals surface area contributed by atoms with Gasteiger partial charge in [0.05, 0.1) is 18.2 Å². The van der Waals surface area contributed by atoms with E-state index in [1.807, 2.05) is 30.3 Å². The topological polar surface area (TPSA) is 84.0 Å². The van der Waals surface area contributed by atoms with E-state index in [9.17, 15) is 4.79 Å². The standard InChI is InChI=1S/C22H27ClN4O3.HI/c1-24-21(28)17-6-3-5-15(11-17)7-8-26-22(25-2)27-14-16-12-18(23)20-19(13-16)29-9-4-10-30-20;/h3,5-6,11-13H,4,7-10,14H2,1-2H3,(H,24,28)(H2,25,26,27);1H. The number of nitrogens with zero attached hydrogens (tertiary/aromatic N) is 1. The van der Waals surface area contributed by atoms with Gasteiger partial charge >= 0.3 is 0 Å². The molecule has 1 aliphatic rings. The summed E-state index contributed by atoms with van der Waals surface area (Å²) in [5, 5.41) is 9.75. The molecule has 0 unspecified atom stereocenters. The lowest BCUT2D eigenvalue weighted by atomic mass is 10.1. The molecule has 0 spiro atoms. The van der Waals surface area contributed by atoms with Crippen LogP contribution in [0.5, 0.6) is 11.5 Å². The zero-order valence-electron chi connectivity index (χ0n) is 17.7. The highest BCUT2D eigenvalue weighted by molar-refractivity contribution is 14.0. The SMILES string of the molecule is CN=C(NCCc1cccc(C(=O)NC)c1)NCc1cc(Cl)c2c(c1)OCCCO2.I. The molecular formula is C22H28ClIN4O3. The zero-order valence-corrected chi connectivity index (χ0v) is 20.8. The highest BCUT2D eigenvalue weighted by Crippen LogP contribution is 2.37. The third kappa shape index (κ3) is 7.17. The van der Waals surface area contributed by atoms with Gasteiger partial charge in [0.25, 0.3) is 5.91 Å². The molecular weight excluding hydrogens is 531 g/mol. The van der Waals surface area contributed by atoms with Gasteiger partial charge in [0.2, 0.25) is 0 Å². The largest absolute Gasteiger partial charge is 0.489 e. The molecule has 9 heteroatoms. The van der Waals surface area contributed by atoms with Crippen molar-refractivity contribution < 1.29 is 14.3 Å². The lowest BCUT2D eigenvalue weighted by Gasteiger charge is -2.14. The van der Waals surface area contributed by atoms with Crippen LogP contribution in [0.25, 0.3) is 0 Å². The third-order valence-corrected chi connectivity index (χ3v) is 4.95. The van der Waals surface area contributed by atoms with Gasteiger partial charge in [-0.2, -0.15) is 0 Å². The van der Waals surface area contributed by atoms with Gasteiger partial charge in [0.15, 0.2) is 17.5 Å². The number of hydrogen-bond acceptors (Lipinski definition) is 4. The monoisotopic (exact) mass is 558 g/mol. The van der Waals surface area contributed by atoms with Crippen LogP contribution in [0, 0.1) is 0 Å². The summed E-state index contributed by atoms with van der Waals surface area (Å²) in [5.74, 6) is 1.88. The molecule has 0 saturated heterocycles. The molecule has 0 saturated carbocycles. The molecule has 0 aromatic heterocycles. The lowest BCUT2D eigenvalue weighted by molar-refractivity contribution is 0.0963. The first-order chi connectivity index (χ1) is 14.6. The number of carbonyl (C=O) groups excluding carboxylic acids is 1. The second-order valence-corrected chi connectivity index (χ2v) is 7.24. The Balaban J connectivity index is 0.00000341. The first-order valence-corrected chi connectivity index (χ1v) is 10.3. The van der Waals surface area contributed by atoms with Gasteiger partial charge in [-0.15, -0.1) is 24.0 Å². The Hall–Kier alpha value is -2.20. The maximum absolute atomic E-state index is 11.8. The van der Waals surface area contributed by atoms with Crippen molar-refractivity contribution in [3.05, 3.63) is 58.1 Å². The number of ether oxygens (including phenoxy) is 2. The average molecular weight is 559 g/mol. The second kappa shape index (κ2) is 12.6. The summed E-state index contributed by atoms with van der Waals surface area (Å²) in [6, 6.07) is 11.4. The van der Waals surface area contributed by atoms with Crippen LogP contribution in [0.15, 0.2) is 41.4 Å². The van der Waals surface area contributed by atoms with E-state index in [1.165, 1.54) is 0 Å². The van der Waals surface area contributed by atoms with Crippen molar-refractivity contribution in [3.63, 3.8) is 0 Å². The van der Waals surface area contributed by atoms with Crippen LogP contribution in [0.2, 0.25) is 5.02 Å². The van der Waals surface area contributed by atoms with E-state index in [0.29, 0.717) is 54.3 Å². The molecule has 2 aromatic carbocycles. The number of nitrogens with one attached hydrogen (secondary N) is 3. The van der Waals surface area contributed by atoms with Crippen molar-refractivity contribution in [3.8, 4) is 11.5 Å². The Kier molecular flexibility index (Phi) is 10.2. The van der Waals surface area contributed by atoms with Crippen molar-refractivity contribution in [1.82, 2.24) is 16.0 Å². The van der Waals surface area contributed by atoms with Crippen LogP contribution in [-0.4, -0.2) is 45.7 Å². The molecule has 3 N–H and O–H groups in total. The summed E-state index contributed by atoms with van der Waals surface area (Å²) in [5.41, 5.74) is 2.71. The van der Waals surface area contributed by atoms with Crippen LogP contribution in [0.1, 0.15) is 27.9 Å². The summed E-state index contributed by atoms with van der Waals surface area (Å²) < 4.78 is 11.4. The van der Waals surface area contributed by atoms with Gasteiger partial charge < -0.3 is 25.4 Å². The normalized spacial score (nSPS) is 12.9. The van der Waals surface area contributed by atoms with Crippen molar-refractivity contribution in [2.24, 2.45) is 4.99 Å². The van der Waals surface area contributed by atoms with Crippen LogP contribution >= 0.6 is 35.6 Å². The van der Waals surface area contributed by atoms with Crippen LogP contribution in [0.3, 0.4) is 0 Å². The summed E-state index contributed by atoms with van der Waals surface area (Å²) >= 11 is 6.36. The molecule has 7 nitrogen and oxygen atoms in total. The molecule has 0 bridgehead atoms.